The monoisotopic (exact) mass is 345 g/mol. The lowest BCUT2D eigenvalue weighted by atomic mass is 10.2. The number of fused-ring (bicyclic) bond motifs is 1. The van der Waals surface area contributed by atoms with E-state index in [1.54, 1.807) is 10.7 Å². The van der Waals surface area contributed by atoms with Gasteiger partial charge in [0.2, 0.25) is 0 Å². The predicted octanol–water partition coefficient (Wildman–Crippen LogP) is 1.43. The van der Waals surface area contributed by atoms with Crippen molar-refractivity contribution in [1.82, 2.24) is 24.8 Å². The van der Waals surface area contributed by atoms with E-state index in [0.717, 1.165) is 31.0 Å². The number of carbonyl (C=O) groups is 1. The molecule has 1 fully saturated rings. The van der Waals surface area contributed by atoms with E-state index in [0.29, 0.717) is 30.3 Å². The lowest BCUT2D eigenvalue weighted by molar-refractivity contribution is -0.0295. The van der Waals surface area contributed by atoms with Crippen LogP contribution in [0, 0.1) is 19.8 Å². The molecule has 3 heterocycles. The van der Waals surface area contributed by atoms with Crippen LogP contribution in [0.4, 0.5) is 0 Å². The van der Waals surface area contributed by atoms with Crippen molar-refractivity contribution < 1.29 is 9.53 Å². The molecule has 136 valence electrons. The van der Waals surface area contributed by atoms with Crippen LogP contribution in [0.5, 0.6) is 0 Å². The van der Waals surface area contributed by atoms with Crippen LogP contribution in [0.2, 0.25) is 0 Å². The zero-order valence-electron chi connectivity index (χ0n) is 15.5. The van der Waals surface area contributed by atoms with E-state index in [2.05, 4.69) is 34.1 Å². The third-order valence-electron chi connectivity index (χ3n) is 4.36. The highest BCUT2D eigenvalue weighted by molar-refractivity contribution is 5.99. The number of nitrogens with one attached hydrogen (secondary N) is 1. The molecule has 1 atom stereocenters. The minimum Gasteiger partial charge on any atom is -0.374 e. The second kappa shape index (κ2) is 7.49. The molecule has 1 aliphatic heterocycles. The zero-order valence-corrected chi connectivity index (χ0v) is 15.5. The van der Waals surface area contributed by atoms with Gasteiger partial charge in [-0.15, -0.1) is 0 Å². The molecule has 0 saturated carbocycles. The van der Waals surface area contributed by atoms with Crippen molar-refractivity contribution in [1.29, 1.82) is 0 Å². The lowest BCUT2D eigenvalue weighted by Crippen LogP contribution is -2.48. The molecule has 25 heavy (non-hydrogen) atoms. The van der Waals surface area contributed by atoms with E-state index >= 15 is 0 Å². The minimum absolute atomic E-state index is 0.0229. The summed E-state index contributed by atoms with van der Waals surface area (Å²) in [6, 6.07) is 1.95. The summed E-state index contributed by atoms with van der Waals surface area (Å²) in [7, 11) is 0. The number of hydrogen-bond acceptors (Lipinski definition) is 5. The van der Waals surface area contributed by atoms with Crippen LogP contribution in [0.15, 0.2) is 12.3 Å². The third-order valence-corrected chi connectivity index (χ3v) is 4.36. The predicted molar refractivity (Wildman–Crippen MR) is 95.8 cm³/mol. The molecule has 7 heteroatoms. The Morgan fingerprint density at radius 1 is 1.44 bits per heavy atom. The number of hydrogen-bond donors (Lipinski definition) is 1. The molecule has 0 unspecified atom stereocenters. The van der Waals surface area contributed by atoms with E-state index in [1.165, 1.54) is 0 Å². The lowest BCUT2D eigenvalue weighted by Gasteiger charge is -2.33. The Morgan fingerprint density at radius 2 is 2.24 bits per heavy atom. The molecule has 1 aliphatic rings. The van der Waals surface area contributed by atoms with Crippen LogP contribution in [-0.2, 0) is 4.74 Å². The standard InChI is InChI=1S/C18H27N5O2/c1-12(2)10-22-5-6-25-15(11-22)8-19-18(24)16-9-20-23-14(4)7-13(3)21-17(16)23/h7,9,12,15H,5-6,8,10-11H2,1-4H3,(H,19,24)/t15-/m1/s1. The average molecular weight is 345 g/mol. The number of morpholine rings is 1. The number of carbonyl (C=O) groups excluding carboxylic acids is 1. The Labute approximate surface area is 148 Å². The fraction of sp³-hybridized carbons (Fsp3) is 0.611. The van der Waals surface area contributed by atoms with Gasteiger partial charge in [0.1, 0.15) is 5.56 Å². The Hall–Kier alpha value is -1.99. The topological polar surface area (TPSA) is 71.8 Å². The first-order valence-corrected chi connectivity index (χ1v) is 8.88. The van der Waals surface area contributed by atoms with E-state index < -0.39 is 0 Å². The molecule has 0 radical (unpaired) electrons. The second-order valence-electron chi connectivity index (χ2n) is 7.19. The molecule has 7 nitrogen and oxygen atoms in total. The molecule has 2 aromatic heterocycles. The summed E-state index contributed by atoms with van der Waals surface area (Å²) >= 11 is 0. The maximum absolute atomic E-state index is 12.6. The second-order valence-corrected chi connectivity index (χ2v) is 7.19. The molecule has 0 spiro atoms. The van der Waals surface area contributed by atoms with Crippen molar-refractivity contribution in [3.63, 3.8) is 0 Å². The van der Waals surface area contributed by atoms with Crippen molar-refractivity contribution >= 4 is 11.6 Å². The number of nitrogens with zero attached hydrogens (tertiary/aromatic N) is 4. The number of aryl methyl sites for hydroxylation is 2. The summed E-state index contributed by atoms with van der Waals surface area (Å²) in [5.74, 6) is 0.474. The highest BCUT2D eigenvalue weighted by Crippen LogP contribution is 2.12. The molecule has 3 rings (SSSR count). The molecule has 1 N–H and O–H groups in total. The number of amides is 1. The number of aromatic nitrogens is 3. The van der Waals surface area contributed by atoms with Crippen molar-refractivity contribution in [2.24, 2.45) is 5.92 Å². The van der Waals surface area contributed by atoms with Gasteiger partial charge in [0.05, 0.1) is 18.9 Å². The maximum Gasteiger partial charge on any atom is 0.256 e. The van der Waals surface area contributed by atoms with Crippen LogP contribution in [0.1, 0.15) is 35.6 Å². The highest BCUT2D eigenvalue weighted by Gasteiger charge is 2.22. The Kier molecular flexibility index (Phi) is 5.34. The summed E-state index contributed by atoms with van der Waals surface area (Å²) in [5.41, 5.74) is 2.93. The molecule has 0 aliphatic carbocycles. The van der Waals surface area contributed by atoms with E-state index in [1.807, 2.05) is 19.9 Å². The molecular formula is C18H27N5O2. The van der Waals surface area contributed by atoms with Crippen LogP contribution < -0.4 is 5.32 Å². The van der Waals surface area contributed by atoms with Gasteiger partial charge in [0.25, 0.3) is 5.91 Å². The van der Waals surface area contributed by atoms with E-state index in [4.69, 9.17) is 4.74 Å². The van der Waals surface area contributed by atoms with Gasteiger partial charge in [-0.1, -0.05) is 13.8 Å². The Morgan fingerprint density at radius 3 is 3.00 bits per heavy atom. The molecule has 0 aromatic carbocycles. The quantitative estimate of drug-likeness (QED) is 0.888. The van der Waals surface area contributed by atoms with Crippen molar-refractivity contribution in [3.8, 4) is 0 Å². The van der Waals surface area contributed by atoms with Gasteiger partial charge in [0.15, 0.2) is 5.65 Å². The summed E-state index contributed by atoms with van der Waals surface area (Å²) in [6.07, 6.45) is 1.60. The van der Waals surface area contributed by atoms with Crippen LogP contribution in [0.3, 0.4) is 0 Å². The van der Waals surface area contributed by atoms with Gasteiger partial charge in [-0.3, -0.25) is 9.69 Å². The molecular weight excluding hydrogens is 318 g/mol. The largest absolute Gasteiger partial charge is 0.374 e. The molecule has 1 amide bonds. The SMILES string of the molecule is Cc1cc(C)n2ncc(C(=O)NC[C@@H]3CN(CC(C)C)CCO3)c2n1. The summed E-state index contributed by atoms with van der Waals surface area (Å²) in [4.78, 5) is 19.4. The Balaban J connectivity index is 1.63. The number of ether oxygens (including phenoxy) is 1. The molecule has 0 bridgehead atoms. The van der Waals surface area contributed by atoms with Crippen molar-refractivity contribution in [3.05, 3.63) is 29.2 Å². The summed E-state index contributed by atoms with van der Waals surface area (Å²) in [6.45, 7) is 12.4. The normalized spacial score (nSPS) is 18.8. The number of rotatable bonds is 5. The first-order chi connectivity index (χ1) is 11.9. The third kappa shape index (κ3) is 4.16. The van der Waals surface area contributed by atoms with Gasteiger partial charge in [-0.05, 0) is 25.8 Å². The van der Waals surface area contributed by atoms with Crippen LogP contribution >= 0.6 is 0 Å². The van der Waals surface area contributed by atoms with Crippen LogP contribution in [-0.4, -0.2) is 64.3 Å². The summed E-state index contributed by atoms with van der Waals surface area (Å²) < 4.78 is 7.49. The first-order valence-electron chi connectivity index (χ1n) is 8.88. The van der Waals surface area contributed by atoms with Crippen molar-refractivity contribution in [2.45, 2.75) is 33.8 Å². The smallest absolute Gasteiger partial charge is 0.256 e. The van der Waals surface area contributed by atoms with Gasteiger partial charge in [-0.25, -0.2) is 9.50 Å². The highest BCUT2D eigenvalue weighted by atomic mass is 16.5. The maximum atomic E-state index is 12.6. The summed E-state index contributed by atoms with van der Waals surface area (Å²) in [5, 5.41) is 7.25. The first kappa shape index (κ1) is 17.8. The van der Waals surface area contributed by atoms with Gasteiger partial charge >= 0.3 is 0 Å². The van der Waals surface area contributed by atoms with E-state index in [9.17, 15) is 4.79 Å². The van der Waals surface area contributed by atoms with Gasteiger partial charge in [0, 0.05) is 37.6 Å². The van der Waals surface area contributed by atoms with Crippen molar-refractivity contribution in [2.75, 3.05) is 32.8 Å². The van der Waals surface area contributed by atoms with E-state index in [-0.39, 0.29) is 12.0 Å². The molecule has 2 aromatic rings. The zero-order chi connectivity index (χ0) is 18.0. The van der Waals surface area contributed by atoms with Gasteiger partial charge in [-0.2, -0.15) is 5.10 Å². The van der Waals surface area contributed by atoms with Gasteiger partial charge < -0.3 is 10.1 Å². The van der Waals surface area contributed by atoms with Crippen LogP contribution in [0.25, 0.3) is 5.65 Å². The minimum atomic E-state index is -0.155. The molecule has 1 saturated heterocycles. The Bertz CT molecular complexity index is 755. The fourth-order valence-electron chi connectivity index (χ4n) is 3.32. The average Bonchev–Trinajstić information content (AvgIpc) is 2.96. The fourth-order valence-corrected chi connectivity index (χ4v) is 3.32.